The molecular formula is C27H28ClN7O2. The van der Waals surface area contributed by atoms with E-state index in [4.69, 9.17) is 21.1 Å². The molecule has 3 aromatic carbocycles. The number of halogens is 1. The molecule has 0 radical (unpaired) electrons. The van der Waals surface area contributed by atoms with Crippen LogP contribution in [0.1, 0.15) is 34.8 Å². The molecule has 0 bridgehead atoms. The third-order valence-electron chi connectivity index (χ3n) is 6.35. The zero-order valence-electron chi connectivity index (χ0n) is 20.3. The minimum atomic E-state index is -0.835. The second-order valence-corrected chi connectivity index (χ2v) is 8.77. The number of nitrogens with two attached hydrogens (primary N) is 1. The number of anilines is 1. The summed E-state index contributed by atoms with van der Waals surface area (Å²) in [5, 5.41) is 20.0. The maximum Gasteiger partial charge on any atom is 0.303 e. The Hall–Kier alpha value is -4.37. The number of benzene rings is 3. The molecule has 5 rings (SSSR count). The van der Waals surface area contributed by atoms with Crippen molar-refractivity contribution in [2.24, 2.45) is 5.73 Å². The highest BCUT2D eigenvalue weighted by Gasteiger charge is 2.15. The number of hydrogen-bond donors (Lipinski definition) is 5. The van der Waals surface area contributed by atoms with Crippen LogP contribution in [-0.4, -0.2) is 36.4 Å². The largest absolute Gasteiger partial charge is 0.481 e. The van der Waals surface area contributed by atoms with Crippen molar-refractivity contribution in [3.63, 3.8) is 0 Å². The molecule has 2 heterocycles. The number of carboxylic acid groups (broad SMARTS) is 1. The minimum absolute atomic E-state index is 0. The molecule has 0 aliphatic carbocycles. The van der Waals surface area contributed by atoms with E-state index in [1.54, 1.807) is 0 Å². The van der Waals surface area contributed by atoms with Gasteiger partial charge in [-0.3, -0.25) is 10.2 Å². The number of aromatic amines is 1. The average Bonchev–Trinajstić information content (AvgIpc) is 3.45. The molecule has 10 heteroatoms. The van der Waals surface area contributed by atoms with Crippen LogP contribution in [0.25, 0.3) is 22.1 Å². The van der Waals surface area contributed by atoms with Crippen LogP contribution in [0, 0.1) is 12.3 Å². The molecule has 2 aromatic heterocycles. The normalized spacial score (nSPS) is 10.9. The van der Waals surface area contributed by atoms with Crippen LogP contribution in [0.2, 0.25) is 0 Å². The van der Waals surface area contributed by atoms with Gasteiger partial charge in [0.05, 0.1) is 35.0 Å². The number of rotatable bonds is 9. The molecule has 0 fully saturated rings. The van der Waals surface area contributed by atoms with Crippen LogP contribution in [0.3, 0.4) is 0 Å². The van der Waals surface area contributed by atoms with Crippen molar-refractivity contribution < 1.29 is 9.90 Å². The van der Waals surface area contributed by atoms with Crippen molar-refractivity contribution in [1.29, 1.82) is 5.41 Å². The molecule has 6 N–H and O–H groups in total. The van der Waals surface area contributed by atoms with Crippen LogP contribution in [-0.2, 0) is 24.3 Å². The summed E-state index contributed by atoms with van der Waals surface area (Å²) in [5.41, 5.74) is 13.0. The second-order valence-electron chi connectivity index (χ2n) is 8.77. The summed E-state index contributed by atoms with van der Waals surface area (Å²) in [6, 6.07) is 19.4. The van der Waals surface area contributed by atoms with Crippen molar-refractivity contribution >= 4 is 52.0 Å². The van der Waals surface area contributed by atoms with Crippen LogP contribution in [0.5, 0.6) is 0 Å². The molecule has 0 saturated carbocycles. The number of amidine groups is 1. The molecule has 0 aliphatic heterocycles. The number of nitrogens with zero attached hydrogens (tertiary/aromatic N) is 3. The Kier molecular flexibility index (Phi) is 7.45. The van der Waals surface area contributed by atoms with E-state index in [0.717, 1.165) is 50.5 Å². The van der Waals surface area contributed by atoms with Crippen LogP contribution >= 0.6 is 12.4 Å². The van der Waals surface area contributed by atoms with Crippen LogP contribution < -0.4 is 11.1 Å². The molecule has 0 saturated heterocycles. The summed E-state index contributed by atoms with van der Waals surface area (Å²) in [6.45, 7) is 3.17. The fourth-order valence-corrected chi connectivity index (χ4v) is 4.40. The summed E-state index contributed by atoms with van der Waals surface area (Å²) in [7, 11) is 0. The number of aryl methyl sites for hydroxylation is 2. The van der Waals surface area contributed by atoms with E-state index < -0.39 is 5.97 Å². The minimum Gasteiger partial charge on any atom is -0.481 e. The van der Waals surface area contributed by atoms with E-state index in [-0.39, 0.29) is 24.7 Å². The van der Waals surface area contributed by atoms with Gasteiger partial charge in [0.15, 0.2) is 0 Å². The quantitative estimate of drug-likeness (QED) is 0.143. The van der Waals surface area contributed by atoms with E-state index in [2.05, 4.69) is 27.9 Å². The monoisotopic (exact) mass is 517 g/mol. The van der Waals surface area contributed by atoms with Gasteiger partial charge in [0.2, 0.25) is 0 Å². The van der Waals surface area contributed by atoms with Gasteiger partial charge in [0.25, 0.3) is 0 Å². The zero-order valence-corrected chi connectivity index (χ0v) is 21.1. The zero-order chi connectivity index (χ0) is 25.2. The molecule has 0 atom stereocenters. The fraction of sp³-hybridized carbons (Fsp3) is 0.185. The smallest absolute Gasteiger partial charge is 0.303 e. The van der Waals surface area contributed by atoms with Gasteiger partial charge in [0, 0.05) is 24.2 Å². The Balaban J connectivity index is 0.00000320. The first-order valence-corrected chi connectivity index (χ1v) is 11.7. The van der Waals surface area contributed by atoms with Crippen molar-refractivity contribution in [2.75, 3.05) is 5.32 Å². The number of carbonyl (C=O) groups is 1. The summed E-state index contributed by atoms with van der Waals surface area (Å²) >= 11 is 0. The van der Waals surface area contributed by atoms with Gasteiger partial charge in [-0.1, -0.05) is 18.2 Å². The second kappa shape index (κ2) is 10.7. The number of para-hydroxylation sites is 2. The fourth-order valence-electron chi connectivity index (χ4n) is 4.40. The Morgan fingerprint density at radius 2 is 1.86 bits per heavy atom. The maximum atomic E-state index is 11.2. The van der Waals surface area contributed by atoms with Gasteiger partial charge in [-0.25, -0.2) is 9.97 Å². The highest BCUT2D eigenvalue weighted by atomic mass is 35.5. The molecular weight excluding hydrogens is 490 g/mol. The predicted octanol–water partition coefficient (Wildman–Crippen LogP) is 4.60. The van der Waals surface area contributed by atoms with Gasteiger partial charge >= 0.3 is 5.97 Å². The third-order valence-corrected chi connectivity index (χ3v) is 6.35. The Bertz CT molecular complexity index is 1590. The molecule has 0 amide bonds. The predicted molar refractivity (Wildman–Crippen MR) is 148 cm³/mol. The lowest BCUT2D eigenvalue weighted by molar-refractivity contribution is -0.137. The number of nitrogens with one attached hydrogen (secondary N) is 3. The Morgan fingerprint density at radius 3 is 2.59 bits per heavy atom. The van der Waals surface area contributed by atoms with E-state index in [0.29, 0.717) is 25.1 Å². The molecule has 0 spiro atoms. The highest BCUT2D eigenvalue weighted by Crippen LogP contribution is 2.25. The molecule has 9 nitrogen and oxygen atoms in total. The Labute approximate surface area is 219 Å². The van der Waals surface area contributed by atoms with Crippen LogP contribution in [0.4, 0.5) is 5.69 Å². The molecule has 0 unspecified atom stereocenters. The lowest BCUT2D eigenvalue weighted by atomic mass is 10.1. The number of hydrogen-bond acceptors (Lipinski definition) is 5. The van der Waals surface area contributed by atoms with E-state index in [1.165, 1.54) is 0 Å². The van der Waals surface area contributed by atoms with Gasteiger partial charge in [-0.2, -0.15) is 0 Å². The Morgan fingerprint density at radius 1 is 1.11 bits per heavy atom. The topological polar surface area (TPSA) is 146 Å². The third kappa shape index (κ3) is 5.41. The number of aromatic nitrogens is 4. The lowest BCUT2D eigenvalue weighted by Crippen LogP contribution is -2.10. The number of fused-ring (bicyclic) bond motifs is 2. The van der Waals surface area contributed by atoms with Gasteiger partial charge in [0.1, 0.15) is 17.5 Å². The summed E-state index contributed by atoms with van der Waals surface area (Å²) in [5.74, 6) is 0.790. The van der Waals surface area contributed by atoms with E-state index >= 15 is 0 Å². The highest BCUT2D eigenvalue weighted by molar-refractivity contribution is 5.95. The van der Waals surface area contributed by atoms with Crippen LogP contribution in [0.15, 0.2) is 60.7 Å². The van der Waals surface area contributed by atoms with Crippen molar-refractivity contribution in [1.82, 2.24) is 19.5 Å². The van der Waals surface area contributed by atoms with Gasteiger partial charge < -0.3 is 25.7 Å². The summed E-state index contributed by atoms with van der Waals surface area (Å²) in [4.78, 5) is 24.1. The van der Waals surface area contributed by atoms with Gasteiger partial charge in [-0.15, -0.1) is 12.4 Å². The first-order chi connectivity index (χ1) is 17.4. The summed E-state index contributed by atoms with van der Waals surface area (Å²) in [6.07, 6.45) is 0.408. The number of H-pyrrole nitrogens is 1. The molecule has 0 aliphatic rings. The lowest BCUT2D eigenvalue weighted by Gasteiger charge is -2.12. The van der Waals surface area contributed by atoms with Gasteiger partial charge in [-0.05, 0) is 60.5 Å². The molecule has 37 heavy (non-hydrogen) atoms. The van der Waals surface area contributed by atoms with Crippen molar-refractivity contribution in [3.8, 4) is 0 Å². The molecule has 5 aromatic rings. The number of imidazole rings is 2. The van der Waals surface area contributed by atoms with Crippen molar-refractivity contribution in [3.05, 3.63) is 89.0 Å². The number of nitrogen functional groups attached to an aromatic ring is 1. The molecule has 190 valence electrons. The average molecular weight is 518 g/mol. The summed E-state index contributed by atoms with van der Waals surface area (Å²) < 4.78 is 2.10. The maximum absolute atomic E-state index is 11.2. The first kappa shape index (κ1) is 25.7. The standard InChI is InChI=1S/C27H27N7O2.ClH/c1-16-18(15-34-22-5-3-2-4-20(22)32-24(34)12-13-25(35)36)8-11-21-26(16)33-23(31-21)14-30-19-9-6-17(7-10-19)27(28)29;/h2-11,30H,12-15H2,1H3,(H3,28,29)(H,31,33)(H,35,36);1H. The number of aliphatic carboxylic acids is 1. The van der Waals surface area contributed by atoms with Crippen molar-refractivity contribution in [2.45, 2.75) is 32.9 Å². The SMILES string of the molecule is Cc1c(Cn2c(CCC(=O)O)nc3ccccc32)ccc2[nH]c(CNc3ccc(C(=N)N)cc3)nc12.Cl. The number of carboxylic acids is 1. The van der Waals surface area contributed by atoms with E-state index in [9.17, 15) is 9.90 Å². The van der Waals surface area contributed by atoms with E-state index in [1.807, 2.05) is 54.6 Å². The first-order valence-electron chi connectivity index (χ1n) is 11.7.